The van der Waals surface area contributed by atoms with Gasteiger partial charge in [-0.2, -0.15) is 5.26 Å². The van der Waals surface area contributed by atoms with Crippen molar-refractivity contribution < 1.29 is 9.47 Å². The van der Waals surface area contributed by atoms with Gasteiger partial charge >= 0.3 is 0 Å². The summed E-state index contributed by atoms with van der Waals surface area (Å²) in [5.41, 5.74) is 1.04. The Kier molecular flexibility index (Phi) is 3.53. The van der Waals surface area contributed by atoms with Crippen LogP contribution in [0.2, 0.25) is 0 Å². The minimum atomic E-state index is -0.0106. The predicted molar refractivity (Wildman–Crippen MR) is 65.2 cm³/mol. The summed E-state index contributed by atoms with van der Waals surface area (Å²) in [5.74, 6) is 1.91. The van der Waals surface area contributed by atoms with Crippen LogP contribution in [0.15, 0.2) is 18.2 Å². The molecule has 0 bridgehead atoms. The lowest BCUT2D eigenvalue weighted by Crippen LogP contribution is -2.19. The number of methoxy groups -OCH3 is 2. The molecular formula is C14H17NO2. The Morgan fingerprint density at radius 2 is 1.94 bits per heavy atom. The first-order valence-electron chi connectivity index (χ1n) is 5.91. The number of nitriles is 1. The van der Waals surface area contributed by atoms with Crippen LogP contribution in [-0.2, 0) is 0 Å². The van der Waals surface area contributed by atoms with Gasteiger partial charge < -0.3 is 9.47 Å². The topological polar surface area (TPSA) is 42.2 Å². The number of rotatable bonds is 4. The fourth-order valence-corrected chi connectivity index (χ4v) is 2.27. The first-order chi connectivity index (χ1) is 8.30. The molecular weight excluding hydrogens is 214 g/mol. The second kappa shape index (κ2) is 5.09. The first-order valence-corrected chi connectivity index (χ1v) is 5.91. The molecule has 0 saturated heterocycles. The van der Waals surface area contributed by atoms with E-state index in [4.69, 9.17) is 9.47 Å². The summed E-state index contributed by atoms with van der Waals surface area (Å²) in [7, 11) is 3.23. The number of hydrogen-bond acceptors (Lipinski definition) is 3. The average Bonchev–Trinajstić information content (AvgIpc) is 2.32. The minimum absolute atomic E-state index is 0.0106. The van der Waals surface area contributed by atoms with Gasteiger partial charge in [0.05, 0.1) is 26.2 Å². The van der Waals surface area contributed by atoms with E-state index in [2.05, 4.69) is 6.07 Å². The molecule has 1 aliphatic rings. The average molecular weight is 231 g/mol. The van der Waals surface area contributed by atoms with E-state index in [-0.39, 0.29) is 5.92 Å². The summed E-state index contributed by atoms with van der Waals surface area (Å²) in [5, 5.41) is 9.28. The molecule has 17 heavy (non-hydrogen) atoms. The largest absolute Gasteiger partial charge is 0.493 e. The molecule has 1 aliphatic carbocycles. The zero-order chi connectivity index (χ0) is 12.3. The van der Waals surface area contributed by atoms with Crippen molar-refractivity contribution in [1.29, 1.82) is 5.26 Å². The maximum absolute atomic E-state index is 9.28. The van der Waals surface area contributed by atoms with Crippen LogP contribution in [0.4, 0.5) is 0 Å². The quantitative estimate of drug-likeness (QED) is 0.799. The van der Waals surface area contributed by atoms with Crippen molar-refractivity contribution in [2.75, 3.05) is 14.2 Å². The van der Waals surface area contributed by atoms with Crippen LogP contribution >= 0.6 is 0 Å². The SMILES string of the molecule is COc1ccc([C@H](C#N)C2CCC2)cc1OC. The van der Waals surface area contributed by atoms with E-state index in [1.807, 2.05) is 18.2 Å². The van der Waals surface area contributed by atoms with E-state index in [9.17, 15) is 5.26 Å². The van der Waals surface area contributed by atoms with E-state index < -0.39 is 0 Å². The third-order valence-electron chi connectivity index (χ3n) is 3.53. The van der Waals surface area contributed by atoms with Crippen LogP contribution in [0.25, 0.3) is 0 Å². The number of hydrogen-bond donors (Lipinski definition) is 0. The summed E-state index contributed by atoms with van der Waals surface area (Å²) in [4.78, 5) is 0. The summed E-state index contributed by atoms with van der Waals surface area (Å²) < 4.78 is 10.5. The summed E-state index contributed by atoms with van der Waals surface area (Å²) >= 11 is 0. The van der Waals surface area contributed by atoms with Gasteiger partial charge in [-0.25, -0.2) is 0 Å². The molecule has 3 heteroatoms. The molecule has 2 rings (SSSR count). The number of ether oxygens (including phenoxy) is 2. The molecule has 0 aromatic heterocycles. The van der Waals surface area contributed by atoms with Gasteiger partial charge in [0.1, 0.15) is 0 Å². The summed E-state index contributed by atoms with van der Waals surface area (Å²) in [6, 6.07) is 8.17. The first kappa shape index (κ1) is 11.8. The van der Waals surface area contributed by atoms with E-state index in [0.717, 1.165) is 18.4 Å². The molecule has 0 unspecified atom stereocenters. The Morgan fingerprint density at radius 3 is 2.41 bits per heavy atom. The molecule has 3 nitrogen and oxygen atoms in total. The van der Waals surface area contributed by atoms with Gasteiger partial charge in [0, 0.05) is 0 Å². The van der Waals surface area contributed by atoms with Gasteiger partial charge in [-0.05, 0) is 36.5 Å². The molecule has 1 atom stereocenters. The van der Waals surface area contributed by atoms with E-state index in [1.54, 1.807) is 14.2 Å². The molecule has 0 aliphatic heterocycles. The monoisotopic (exact) mass is 231 g/mol. The van der Waals surface area contributed by atoms with Crippen LogP contribution < -0.4 is 9.47 Å². The van der Waals surface area contributed by atoms with Crippen molar-refractivity contribution in [3.8, 4) is 17.6 Å². The highest BCUT2D eigenvalue weighted by molar-refractivity contribution is 5.45. The fourth-order valence-electron chi connectivity index (χ4n) is 2.27. The van der Waals surface area contributed by atoms with Gasteiger partial charge in [-0.15, -0.1) is 0 Å². The molecule has 1 fully saturated rings. The Labute approximate surface area is 102 Å². The molecule has 90 valence electrons. The van der Waals surface area contributed by atoms with Crippen LogP contribution in [0.5, 0.6) is 11.5 Å². The summed E-state index contributed by atoms with van der Waals surface area (Å²) in [6.07, 6.45) is 3.56. The van der Waals surface area contributed by atoms with E-state index in [0.29, 0.717) is 17.4 Å². The number of benzene rings is 1. The Hall–Kier alpha value is -1.69. The summed E-state index contributed by atoms with van der Waals surface area (Å²) in [6.45, 7) is 0. The zero-order valence-corrected chi connectivity index (χ0v) is 10.3. The Morgan fingerprint density at radius 1 is 1.24 bits per heavy atom. The minimum Gasteiger partial charge on any atom is -0.493 e. The molecule has 0 heterocycles. The second-order valence-corrected chi connectivity index (χ2v) is 4.41. The third-order valence-corrected chi connectivity index (χ3v) is 3.53. The predicted octanol–water partition coefficient (Wildman–Crippen LogP) is 3.11. The Bertz CT molecular complexity index is 432. The molecule has 1 aromatic carbocycles. The van der Waals surface area contributed by atoms with E-state index in [1.165, 1.54) is 6.42 Å². The van der Waals surface area contributed by atoms with Gasteiger partial charge in [-0.1, -0.05) is 12.5 Å². The standard InChI is InChI=1S/C14H17NO2/c1-16-13-7-6-11(8-14(13)17-2)12(9-15)10-4-3-5-10/h6-8,10,12H,3-5H2,1-2H3/t12-/m1/s1. The molecule has 1 aromatic rings. The van der Waals surface area contributed by atoms with Crippen molar-refractivity contribution >= 4 is 0 Å². The molecule has 1 saturated carbocycles. The third kappa shape index (κ3) is 2.21. The maximum atomic E-state index is 9.28. The highest BCUT2D eigenvalue weighted by Crippen LogP contribution is 2.41. The molecule has 0 radical (unpaired) electrons. The fraction of sp³-hybridized carbons (Fsp3) is 0.500. The lowest BCUT2D eigenvalue weighted by molar-refractivity contribution is 0.291. The van der Waals surface area contributed by atoms with Gasteiger partial charge in [0.15, 0.2) is 11.5 Å². The maximum Gasteiger partial charge on any atom is 0.161 e. The normalized spacial score (nSPS) is 16.8. The van der Waals surface area contributed by atoms with Crippen LogP contribution in [0.1, 0.15) is 30.7 Å². The van der Waals surface area contributed by atoms with Gasteiger partial charge in [-0.3, -0.25) is 0 Å². The van der Waals surface area contributed by atoms with Crippen molar-refractivity contribution in [2.24, 2.45) is 5.92 Å². The van der Waals surface area contributed by atoms with Crippen molar-refractivity contribution in [1.82, 2.24) is 0 Å². The van der Waals surface area contributed by atoms with Crippen LogP contribution in [0.3, 0.4) is 0 Å². The smallest absolute Gasteiger partial charge is 0.161 e. The zero-order valence-electron chi connectivity index (χ0n) is 10.3. The lowest BCUT2D eigenvalue weighted by Gasteiger charge is -2.30. The van der Waals surface area contributed by atoms with Crippen molar-refractivity contribution in [3.63, 3.8) is 0 Å². The van der Waals surface area contributed by atoms with E-state index >= 15 is 0 Å². The Balaban J connectivity index is 2.28. The van der Waals surface area contributed by atoms with Crippen molar-refractivity contribution in [2.45, 2.75) is 25.2 Å². The van der Waals surface area contributed by atoms with Gasteiger partial charge in [0.2, 0.25) is 0 Å². The number of nitrogens with zero attached hydrogens (tertiary/aromatic N) is 1. The molecule has 0 spiro atoms. The highest BCUT2D eigenvalue weighted by Gasteiger charge is 2.28. The molecule has 0 N–H and O–H groups in total. The van der Waals surface area contributed by atoms with Crippen molar-refractivity contribution in [3.05, 3.63) is 23.8 Å². The second-order valence-electron chi connectivity index (χ2n) is 4.41. The highest BCUT2D eigenvalue weighted by atomic mass is 16.5. The van der Waals surface area contributed by atoms with Crippen LogP contribution in [0, 0.1) is 17.2 Å². The van der Waals surface area contributed by atoms with Gasteiger partial charge in [0.25, 0.3) is 0 Å². The molecule has 0 amide bonds. The van der Waals surface area contributed by atoms with Crippen LogP contribution in [-0.4, -0.2) is 14.2 Å². The lowest BCUT2D eigenvalue weighted by atomic mass is 9.74.